The van der Waals surface area contributed by atoms with Gasteiger partial charge in [0.1, 0.15) is 6.04 Å². The number of esters is 1. The van der Waals surface area contributed by atoms with Crippen LogP contribution in [0, 0.1) is 20.8 Å². The van der Waals surface area contributed by atoms with E-state index in [1.807, 2.05) is 19.9 Å². The van der Waals surface area contributed by atoms with Gasteiger partial charge >= 0.3 is 5.97 Å². The summed E-state index contributed by atoms with van der Waals surface area (Å²) in [7, 11) is -2.45. The van der Waals surface area contributed by atoms with Gasteiger partial charge in [-0.25, -0.2) is 13.2 Å². The molecule has 156 valence electrons. The summed E-state index contributed by atoms with van der Waals surface area (Å²) in [6, 6.07) is 9.15. The lowest BCUT2D eigenvalue weighted by molar-refractivity contribution is -0.116. The summed E-state index contributed by atoms with van der Waals surface area (Å²) >= 11 is 0. The average molecular weight is 419 g/mol. The van der Waals surface area contributed by atoms with Crippen molar-refractivity contribution in [2.75, 3.05) is 23.0 Å². The molecule has 0 aliphatic rings. The third-order valence-corrected chi connectivity index (χ3v) is 5.71. The second-order valence-corrected chi connectivity index (χ2v) is 8.95. The molecule has 0 spiro atoms. The predicted octanol–water partition coefficient (Wildman–Crippen LogP) is 3.19. The molecule has 0 radical (unpaired) electrons. The van der Waals surface area contributed by atoms with Gasteiger partial charge in [0.15, 0.2) is 0 Å². The lowest BCUT2D eigenvalue weighted by Crippen LogP contribution is -2.45. The highest BCUT2D eigenvalue weighted by atomic mass is 32.2. The average Bonchev–Trinajstić information content (AvgIpc) is 2.60. The summed E-state index contributed by atoms with van der Waals surface area (Å²) in [6.07, 6.45) is 1.07. The molecule has 0 aromatic heterocycles. The molecule has 2 aromatic carbocycles. The number of ether oxygens (including phenoxy) is 1. The molecule has 0 bridgehead atoms. The van der Waals surface area contributed by atoms with E-state index in [9.17, 15) is 18.0 Å². The lowest BCUT2D eigenvalue weighted by Gasteiger charge is -2.29. The molecule has 0 fully saturated rings. The van der Waals surface area contributed by atoms with Crippen LogP contribution >= 0.6 is 0 Å². The zero-order valence-corrected chi connectivity index (χ0v) is 18.3. The highest BCUT2D eigenvalue weighted by Crippen LogP contribution is 2.25. The van der Waals surface area contributed by atoms with Crippen LogP contribution in [0.15, 0.2) is 36.4 Å². The van der Waals surface area contributed by atoms with E-state index >= 15 is 0 Å². The Balaban J connectivity index is 2.39. The fourth-order valence-electron chi connectivity index (χ4n) is 3.13. The molecular formula is C21H26N2O5S. The Labute approximate surface area is 171 Å². The van der Waals surface area contributed by atoms with Crippen LogP contribution in [0.4, 0.5) is 11.4 Å². The number of amides is 1. The number of hydrogen-bond acceptors (Lipinski definition) is 5. The van der Waals surface area contributed by atoms with E-state index < -0.39 is 27.9 Å². The van der Waals surface area contributed by atoms with Crippen molar-refractivity contribution in [3.8, 4) is 0 Å². The van der Waals surface area contributed by atoms with Gasteiger partial charge in [0.25, 0.3) is 0 Å². The molecule has 0 saturated heterocycles. The van der Waals surface area contributed by atoms with E-state index in [2.05, 4.69) is 5.32 Å². The van der Waals surface area contributed by atoms with Gasteiger partial charge in [-0.15, -0.1) is 0 Å². The molecular weight excluding hydrogens is 392 g/mol. The zero-order valence-electron chi connectivity index (χ0n) is 17.4. The maximum absolute atomic E-state index is 12.9. The van der Waals surface area contributed by atoms with Crippen molar-refractivity contribution in [1.82, 2.24) is 0 Å². The zero-order chi connectivity index (χ0) is 21.9. The molecule has 29 heavy (non-hydrogen) atoms. The maximum atomic E-state index is 12.9. The van der Waals surface area contributed by atoms with Gasteiger partial charge in [0.2, 0.25) is 15.9 Å². The fraction of sp³-hybridized carbons (Fsp3) is 0.333. The first-order valence-corrected chi connectivity index (χ1v) is 10.9. The Hall–Kier alpha value is -2.87. The SMILES string of the molecule is COC(=O)c1ccc(C)c(NC(=O)[C@@H](C)N(c2cc(C)cc(C)c2)S(C)(=O)=O)c1. The van der Waals surface area contributed by atoms with Crippen molar-refractivity contribution >= 4 is 33.3 Å². The Bertz CT molecular complexity index is 1030. The number of nitrogens with one attached hydrogen (secondary N) is 1. The summed E-state index contributed by atoms with van der Waals surface area (Å²) in [5.74, 6) is -1.04. The summed E-state index contributed by atoms with van der Waals surface area (Å²) < 4.78 is 30.8. The number of methoxy groups -OCH3 is 1. The summed E-state index contributed by atoms with van der Waals surface area (Å²) in [4.78, 5) is 24.7. The Morgan fingerprint density at radius 2 is 1.62 bits per heavy atom. The molecule has 8 heteroatoms. The molecule has 0 aliphatic heterocycles. The van der Waals surface area contributed by atoms with Crippen molar-refractivity contribution < 1.29 is 22.7 Å². The van der Waals surface area contributed by atoms with E-state index in [4.69, 9.17) is 4.74 Å². The van der Waals surface area contributed by atoms with Crippen molar-refractivity contribution in [2.24, 2.45) is 0 Å². The quantitative estimate of drug-likeness (QED) is 0.727. The molecule has 7 nitrogen and oxygen atoms in total. The van der Waals surface area contributed by atoms with Crippen LogP contribution in [0.2, 0.25) is 0 Å². The number of anilines is 2. The van der Waals surface area contributed by atoms with Crippen LogP contribution < -0.4 is 9.62 Å². The molecule has 0 unspecified atom stereocenters. The van der Waals surface area contributed by atoms with Gasteiger partial charge in [0.05, 0.1) is 24.6 Å². The van der Waals surface area contributed by atoms with Gasteiger partial charge in [-0.05, 0) is 68.7 Å². The third kappa shape index (κ3) is 5.35. The molecule has 1 amide bonds. The minimum Gasteiger partial charge on any atom is -0.465 e. The maximum Gasteiger partial charge on any atom is 0.337 e. The van der Waals surface area contributed by atoms with Gasteiger partial charge in [-0.3, -0.25) is 9.10 Å². The molecule has 2 aromatic rings. The largest absolute Gasteiger partial charge is 0.465 e. The number of rotatable bonds is 6. The Kier molecular flexibility index (Phi) is 6.69. The number of aryl methyl sites for hydroxylation is 3. The summed E-state index contributed by atoms with van der Waals surface area (Å²) in [5.41, 5.74) is 3.64. The minimum atomic E-state index is -3.73. The molecule has 1 atom stereocenters. The lowest BCUT2D eigenvalue weighted by atomic mass is 10.1. The summed E-state index contributed by atoms with van der Waals surface area (Å²) in [5, 5.41) is 2.73. The van der Waals surface area contributed by atoms with Crippen LogP contribution in [0.5, 0.6) is 0 Å². The van der Waals surface area contributed by atoms with Crippen molar-refractivity contribution in [3.05, 3.63) is 58.7 Å². The van der Waals surface area contributed by atoms with E-state index in [0.717, 1.165) is 27.3 Å². The highest BCUT2D eigenvalue weighted by molar-refractivity contribution is 7.92. The van der Waals surface area contributed by atoms with E-state index in [0.29, 0.717) is 11.4 Å². The second-order valence-electron chi connectivity index (χ2n) is 7.09. The number of sulfonamides is 1. The van der Waals surface area contributed by atoms with Gasteiger partial charge < -0.3 is 10.1 Å². The highest BCUT2D eigenvalue weighted by Gasteiger charge is 2.29. The third-order valence-electron chi connectivity index (χ3n) is 4.47. The summed E-state index contributed by atoms with van der Waals surface area (Å²) in [6.45, 7) is 7.03. The van der Waals surface area contributed by atoms with Crippen LogP contribution in [0.1, 0.15) is 34.0 Å². The normalized spacial score (nSPS) is 12.2. The topological polar surface area (TPSA) is 92.8 Å². The number of benzene rings is 2. The number of nitrogens with zero attached hydrogens (tertiary/aromatic N) is 1. The molecule has 2 rings (SSSR count). The van der Waals surface area contributed by atoms with E-state index in [1.165, 1.54) is 20.1 Å². The monoisotopic (exact) mass is 418 g/mol. The standard InChI is InChI=1S/C21H26N2O5S/c1-13-9-14(2)11-18(10-13)23(29(6,26)27)16(4)20(24)22-19-12-17(21(25)28-5)8-7-15(19)3/h7-12,16H,1-6H3,(H,22,24)/t16-/m1/s1. The second kappa shape index (κ2) is 8.65. The smallest absolute Gasteiger partial charge is 0.337 e. The molecule has 1 N–H and O–H groups in total. The Morgan fingerprint density at radius 1 is 1.03 bits per heavy atom. The number of carbonyl (C=O) groups is 2. The molecule has 0 saturated carbocycles. The van der Waals surface area contributed by atoms with Crippen LogP contribution in [0.3, 0.4) is 0 Å². The number of carbonyl (C=O) groups excluding carboxylic acids is 2. The van der Waals surface area contributed by atoms with Crippen molar-refractivity contribution in [2.45, 2.75) is 33.7 Å². The first-order valence-electron chi connectivity index (χ1n) is 9.01. The van der Waals surface area contributed by atoms with Crippen LogP contribution in [-0.2, 0) is 19.6 Å². The fourth-order valence-corrected chi connectivity index (χ4v) is 4.28. The van der Waals surface area contributed by atoms with Crippen LogP contribution in [0.25, 0.3) is 0 Å². The van der Waals surface area contributed by atoms with Gasteiger partial charge in [-0.2, -0.15) is 0 Å². The molecule has 0 heterocycles. The Morgan fingerprint density at radius 3 is 2.14 bits per heavy atom. The van der Waals surface area contributed by atoms with Crippen molar-refractivity contribution in [1.29, 1.82) is 0 Å². The minimum absolute atomic E-state index is 0.287. The number of hydrogen-bond donors (Lipinski definition) is 1. The van der Waals surface area contributed by atoms with Gasteiger partial charge in [0, 0.05) is 5.69 Å². The van der Waals surface area contributed by atoms with Crippen molar-refractivity contribution in [3.63, 3.8) is 0 Å². The predicted molar refractivity (Wildman–Crippen MR) is 114 cm³/mol. The molecule has 0 aliphatic carbocycles. The van der Waals surface area contributed by atoms with Crippen LogP contribution in [-0.4, -0.2) is 39.7 Å². The van der Waals surface area contributed by atoms with E-state index in [-0.39, 0.29) is 5.56 Å². The first-order chi connectivity index (χ1) is 13.4. The van der Waals surface area contributed by atoms with Gasteiger partial charge in [-0.1, -0.05) is 12.1 Å². The first kappa shape index (κ1) is 22.4. The van der Waals surface area contributed by atoms with E-state index in [1.54, 1.807) is 31.2 Å².